The van der Waals surface area contributed by atoms with Crippen molar-refractivity contribution in [3.8, 4) is 5.75 Å². The highest BCUT2D eigenvalue weighted by atomic mass is 16.5. The summed E-state index contributed by atoms with van der Waals surface area (Å²) in [5, 5.41) is 5.73. The van der Waals surface area contributed by atoms with Crippen molar-refractivity contribution < 1.29 is 14.3 Å². The molecule has 0 atom stereocenters. The number of nitrogens with one attached hydrogen (secondary N) is 2. The fraction of sp³-hybridized carbons (Fsp3) is 0.0909. The Bertz CT molecular complexity index is 958. The minimum atomic E-state index is -0.549. The van der Waals surface area contributed by atoms with Gasteiger partial charge in [-0.2, -0.15) is 0 Å². The number of rotatable bonds is 8. The van der Waals surface area contributed by atoms with Crippen LogP contribution < -0.4 is 21.1 Å². The first kappa shape index (κ1) is 19.0. The van der Waals surface area contributed by atoms with Crippen LogP contribution >= 0.6 is 0 Å². The van der Waals surface area contributed by atoms with E-state index in [0.29, 0.717) is 29.3 Å². The van der Waals surface area contributed by atoms with E-state index < -0.39 is 5.91 Å². The molecular formula is C22H21N3O3. The largest absolute Gasteiger partial charge is 0.489 e. The van der Waals surface area contributed by atoms with E-state index in [1.54, 1.807) is 36.4 Å². The normalized spacial score (nSPS) is 10.1. The van der Waals surface area contributed by atoms with Crippen molar-refractivity contribution in [1.29, 1.82) is 0 Å². The van der Waals surface area contributed by atoms with Gasteiger partial charge >= 0.3 is 0 Å². The number of amides is 2. The molecule has 6 heteroatoms. The Morgan fingerprint density at radius 3 is 2.43 bits per heavy atom. The number of carbonyl (C=O) groups is 2. The van der Waals surface area contributed by atoms with Crippen molar-refractivity contribution in [3.63, 3.8) is 0 Å². The number of hydrogen-bond donors (Lipinski definition) is 3. The van der Waals surface area contributed by atoms with E-state index in [-0.39, 0.29) is 12.5 Å². The fourth-order valence-electron chi connectivity index (χ4n) is 2.64. The number of carbonyl (C=O) groups excluding carboxylic acids is 2. The van der Waals surface area contributed by atoms with E-state index in [2.05, 4.69) is 10.6 Å². The summed E-state index contributed by atoms with van der Waals surface area (Å²) in [4.78, 5) is 23.7. The van der Waals surface area contributed by atoms with Crippen LogP contribution in [0.3, 0.4) is 0 Å². The van der Waals surface area contributed by atoms with E-state index in [1.165, 1.54) is 0 Å². The zero-order chi connectivity index (χ0) is 19.8. The molecule has 6 nitrogen and oxygen atoms in total. The Kier molecular flexibility index (Phi) is 6.25. The van der Waals surface area contributed by atoms with Crippen LogP contribution in [0.2, 0.25) is 0 Å². The summed E-state index contributed by atoms with van der Waals surface area (Å²) in [6.45, 7) is 0.448. The molecular weight excluding hydrogens is 354 g/mol. The van der Waals surface area contributed by atoms with Gasteiger partial charge < -0.3 is 21.1 Å². The van der Waals surface area contributed by atoms with Gasteiger partial charge in [0.1, 0.15) is 12.4 Å². The van der Waals surface area contributed by atoms with Gasteiger partial charge in [-0.25, -0.2) is 0 Å². The molecule has 0 saturated heterocycles. The molecule has 0 aromatic heterocycles. The molecule has 0 radical (unpaired) electrons. The molecule has 0 spiro atoms. The van der Waals surface area contributed by atoms with E-state index in [4.69, 9.17) is 10.5 Å². The number of ether oxygens (including phenoxy) is 1. The first-order valence-electron chi connectivity index (χ1n) is 8.81. The molecule has 3 rings (SSSR count). The van der Waals surface area contributed by atoms with Crippen LogP contribution in [0.5, 0.6) is 5.75 Å². The molecule has 0 aliphatic carbocycles. The van der Waals surface area contributed by atoms with Gasteiger partial charge in [0.2, 0.25) is 5.91 Å². The number of primary amides is 1. The van der Waals surface area contributed by atoms with Gasteiger partial charge in [-0.15, -0.1) is 0 Å². The van der Waals surface area contributed by atoms with Crippen molar-refractivity contribution in [3.05, 3.63) is 90.0 Å². The van der Waals surface area contributed by atoms with Crippen molar-refractivity contribution in [1.82, 2.24) is 0 Å². The number of nitrogens with two attached hydrogens (primary N) is 1. The van der Waals surface area contributed by atoms with Gasteiger partial charge in [-0.05, 0) is 29.8 Å². The lowest BCUT2D eigenvalue weighted by molar-refractivity contribution is -0.114. The summed E-state index contributed by atoms with van der Waals surface area (Å²) in [6.07, 6.45) is 0. The first-order chi connectivity index (χ1) is 13.6. The Balaban J connectivity index is 1.55. The third kappa shape index (κ3) is 5.35. The first-order valence-corrected chi connectivity index (χ1v) is 8.81. The number of para-hydroxylation sites is 1. The fourth-order valence-corrected chi connectivity index (χ4v) is 2.64. The summed E-state index contributed by atoms with van der Waals surface area (Å²) in [6, 6.07) is 23.8. The topological polar surface area (TPSA) is 93.5 Å². The van der Waals surface area contributed by atoms with Gasteiger partial charge in [0.25, 0.3) is 5.91 Å². The smallest absolute Gasteiger partial charge is 0.250 e. The highest BCUT2D eigenvalue weighted by Gasteiger charge is 2.09. The zero-order valence-electron chi connectivity index (χ0n) is 15.2. The maximum atomic E-state index is 12.2. The Morgan fingerprint density at radius 2 is 1.64 bits per heavy atom. The second-order valence-corrected chi connectivity index (χ2v) is 6.11. The standard InChI is InChI=1S/C22H21N3O3/c23-22(27)19-11-4-5-12-20(19)24-14-21(26)25-17-9-6-10-18(13-17)28-15-16-7-2-1-3-8-16/h1-13,24H,14-15H2,(H2,23,27)(H,25,26). The average molecular weight is 375 g/mol. The minimum absolute atomic E-state index is 0.000602. The maximum Gasteiger partial charge on any atom is 0.250 e. The molecule has 142 valence electrons. The summed E-state index contributed by atoms with van der Waals surface area (Å²) >= 11 is 0. The molecule has 0 heterocycles. The molecule has 0 unspecified atom stereocenters. The lowest BCUT2D eigenvalue weighted by atomic mass is 10.1. The van der Waals surface area contributed by atoms with Crippen LogP contribution in [0.15, 0.2) is 78.9 Å². The Hall–Kier alpha value is -3.80. The zero-order valence-corrected chi connectivity index (χ0v) is 15.2. The third-order valence-corrected chi connectivity index (χ3v) is 4.00. The predicted octanol–water partition coefficient (Wildman–Crippen LogP) is 3.42. The van der Waals surface area contributed by atoms with Crippen LogP contribution in [0.4, 0.5) is 11.4 Å². The van der Waals surface area contributed by atoms with Crippen molar-refractivity contribution in [2.75, 3.05) is 17.2 Å². The molecule has 0 saturated carbocycles. The molecule has 3 aromatic rings. The number of hydrogen-bond acceptors (Lipinski definition) is 4. The highest BCUT2D eigenvalue weighted by Crippen LogP contribution is 2.19. The number of benzene rings is 3. The van der Waals surface area contributed by atoms with Crippen molar-refractivity contribution in [2.45, 2.75) is 6.61 Å². The highest BCUT2D eigenvalue weighted by molar-refractivity contribution is 6.00. The monoisotopic (exact) mass is 375 g/mol. The quantitative estimate of drug-likeness (QED) is 0.562. The van der Waals surface area contributed by atoms with Crippen LogP contribution in [-0.4, -0.2) is 18.4 Å². The van der Waals surface area contributed by atoms with E-state index in [0.717, 1.165) is 5.56 Å². The Labute approximate surface area is 163 Å². The maximum absolute atomic E-state index is 12.2. The van der Waals surface area contributed by atoms with E-state index >= 15 is 0 Å². The van der Waals surface area contributed by atoms with Gasteiger partial charge in [0.05, 0.1) is 12.1 Å². The summed E-state index contributed by atoms with van der Waals surface area (Å²) in [7, 11) is 0. The molecule has 3 aromatic carbocycles. The lowest BCUT2D eigenvalue weighted by Crippen LogP contribution is -2.23. The van der Waals surface area contributed by atoms with Crippen LogP contribution in [0, 0.1) is 0 Å². The van der Waals surface area contributed by atoms with Crippen LogP contribution in [-0.2, 0) is 11.4 Å². The third-order valence-electron chi connectivity index (χ3n) is 4.00. The number of anilines is 2. The summed E-state index contributed by atoms with van der Waals surface area (Å²) in [5.74, 6) is -0.139. The van der Waals surface area contributed by atoms with Crippen molar-refractivity contribution in [2.24, 2.45) is 5.73 Å². The van der Waals surface area contributed by atoms with E-state index in [9.17, 15) is 9.59 Å². The molecule has 28 heavy (non-hydrogen) atoms. The molecule has 0 aliphatic rings. The van der Waals surface area contributed by atoms with Crippen LogP contribution in [0.1, 0.15) is 15.9 Å². The molecule has 0 fully saturated rings. The predicted molar refractivity (Wildman–Crippen MR) is 109 cm³/mol. The Morgan fingerprint density at radius 1 is 0.893 bits per heavy atom. The van der Waals surface area contributed by atoms with Gasteiger partial charge in [0, 0.05) is 17.4 Å². The summed E-state index contributed by atoms with van der Waals surface area (Å²) < 4.78 is 5.77. The SMILES string of the molecule is NC(=O)c1ccccc1NCC(=O)Nc1cccc(OCc2ccccc2)c1. The second-order valence-electron chi connectivity index (χ2n) is 6.11. The van der Waals surface area contributed by atoms with Crippen LogP contribution in [0.25, 0.3) is 0 Å². The molecule has 2 amide bonds. The van der Waals surface area contributed by atoms with Gasteiger partial charge in [-0.1, -0.05) is 48.5 Å². The lowest BCUT2D eigenvalue weighted by Gasteiger charge is -2.11. The minimum Gasteiger partial charge on any atom is -0.489 e. The van der Waals surface area contributed by atoms with E-state index in [1.807, 2.05) is 42.5 Å². The summed E-state index contributed by atoms with van der Waals surface area (Å²) in [5.41, 5.74) is 7.89. The second kappa shape index (κ2) is 9.23. The average Bonchev–Trinajstić information content (AvgIpc) is 2.72. The molecule has 4 N–H and O–H groups in total. The molecule has 0 aliphatic heterocycles. The van der Waals surface area contributed by atoms with Gasteiger partial charge in [0.15, 0.2) is 0 Å². The van der Waals surface area contributed by atoms with Gasteiger partial charge in [-0.3, -0.25) is 9.59 Å². The van der Waals surface area contributed by atoms with Crippen molar-refractivity contribution >= 4 is 23.2 Å². The molecule has 0 bridgehead atoms.